The quantitative estimate of drug-likeness (QED) is 0.819. The molecule has 0 saturated carbocycles. The van der Waals surface area contributed by atoms with Gasteiger partial charge in [0.05, 0.1) is 0 Å². The van der Waals surface area contributed by atoms with Gasteiger partial charge in [0.25, 0.3) is 0 Å². The normalized spacial score (nSPS) is 16.3. The maximum absolute atomic E-state index is 11.1. The first-order valence-electron chi connectivity index (χ1n) is 4.73. The molecule has 1 aliphatic heterocycles. The monoisotopic (exact) mass is 207 g/mol. The first-order chi connectivity index (χ1) is 6.77. The predicted octanol–water partition coefficient (Wildman–Crippen LogP) is 1.69. The first-order valence-corrected chi connectivity index (χ1v) is 5.88. The van der Waals surface area contributed by atoms with Crippen molar-refractivity contribution in [3.63, 3.8) is 0 Å². The Balaban J connectivity index is 2.17. The number of primary amides is 1. The molecule has 1 amide bonds. The van der Waals surface area contributed by atoms with Gasteiger partial charge in [-0.1, -0.05) is 18.2 Å². The molecule has 0 atom stereocenters. The van der Waals surface area contributed by atoms with E-state index in [1.165, 1.54) is 11.5 Å². The highest BCUT2D eigenvalue weighted by Gasteiger charge is 2.20. The van der Waals surface area contributed by atoms with E-state index in [0.717, 1.165) is 17.9 Å². The van der Waals surface area contributed by atoms with Crippen LogP contribution in [0.5, 0.6) is 0 Å². The molecule has 1 heterocycles. The minimum Gasteiger partial charge on any atom is -0.366 e. The Labute approximate surface area is 87.9 Å². The van der Waals surface area contributed by atoms with E-state index in [4.69, 9.17) is 5.73 Å². The largest absolute Gasteiger partial charge is 0.366 e. The second-order valence-electron chi connectivity index (χ2n) is 3.63. The fraction of sp³-hybridized carbons (Fsp3) is 0.364. The number of hydrogen-bond donors (Lipinski definition) is 1. The number of carbonyl (C=O) groups excluding carboxylic acids is 1. The summed E-state index contributed by atoms with van der Waals surface area (Å²) in [5.74, 6) is 2.85. The van der Waals surface area contributed by atoms with Gasteiger partial charge < -0.3 is 5.73 Å². The van der Waals surface area contributed by atoms with Gasteiger partial charge in [0, 0.05) is 5.56 Å². The fourth-order valence-corrected chi connectivity index (χ4v) is 2.46. The Morgan fingerprint density at radius 1 is 1.43 bits per heavy atom. The summed E-state index contributed by atoms with van der Waals surface area (Å²) in [4.78, 5) is 11.1. The summed E-state index contributed by atoms with van der Waals surface area (Å²) in [7, 11) is 0. The maximum Gasteiger partial charge on any atom is 0.248 e. The highest BCUT2D eigenvalue weighted by molar-refractivity contribution is 8.00. The van der Waals surface area contributed by atoms with E-state index in [9.17, 15) is 4.79 Å². The number of benzene rings is 1. The van der Waals surface area contributed by atoms with Gasteiger partial charge >= 0.3 is 0 Å². The van der Waals surface area contributed by atoms with Crippen LogP contribution in [0.2, 0.25) is 0 Å². The van der Waals surface area contributed by atoms with Gasteiger partial charge in [0.15, 0.2) is 0 Å². The van der Waals surface area contributed by atoms with Crippen LogP contribution in [-0.2, 0) is 6.42 Å². The van der Waals surface area contributed by atoms with Gasteiger partial charge in [-0.15, -0.1) is 0 Å². The maximum atomic E-state index is 11.1. The second kappa shape index (κ2) is 4.05. The van der Waals surface area contributed by atoms with Gasteiger partial charge in [0.2, 0.25) is 5.91 Å². The third-order valence-corrected chi connectivity index (χ3v) is 3.91. The van der Waals surface area contributed by atoms with Crippen LogP contribution in [0.3, 0.4) is 0 Å². The molecule has 0 unspecified atom stereocenters. The summed E-state index contributed by atoms with van der Waals surface area (Å²) in [5, 5.41) is 0. The van der Waals surface area contributed by atoms with Gasteiger partial charge in [0.1, 0.15) is 0 Å². The first kappa shape index (κ1) is 9.59. The summed E-state index contributed by atoms with van der Waals surface area (Å²) in [6.07, 6.45) is 0.992. The molecule has 1 aromatic rings. The van der Waals surface area contributed by atoms with Gasteiger partial charge in [-0.25, -0.2) is 0 Å². The number of nitrogens with two attached hydrogens (primary N) is 1. The molecule has 2 nitrogen and oxygen atoms in total. The SMILES string of the molecule is NC(=O)c1ccccc1CC1CSC1. The van der Waals surface area contributed by atoms with Crippen molar-refractivity contribution in [3.8, 4) is 0 Å². The van der Waals surface area contributed by atoms with Gasteiger partial charge in [-0.3, -0.25) is 4.79 Å². The molecule has 0 bridgehead atoms. The number of thioether (sulfide) groups is 1. The molecular weight excluding hydrogens is 194 g/mol. The van der Waals surface area contributed by atoms with Crippen molar-refractivity contribution in [1.82, 2.24) is 0 Å². The van der Waals surface area contributed by atoms with Crippen LogP contribution in [0.1, 0.15) is 15.9 Å². The zero-order chi connectivity index (χ0) is 9.97. The molecule has 2 N–H and O–H groups in total. The number of hydrogen-bond acceptors (Lipinski definition) is 2. The molecule has 0 spiro atoms. The molecule has 0 aliphatic carbocycles. The Bertz CT molecular complexity index is 347. The van der Waals surface area contributed by atoms with Crippen molar-refractivity contribution in [2.24, 2.45) is 11.7 Å². The Morgan fingerprint density at radius 3 is 2.71 bits per heavy atom. The molecule has 0 aromatic heterocycles. The summed E-state index contributed by atoms with van der Waals surface area (Å²) in [6, 6.07) is 7.64. The zero-order valence-electron chi connectivity index (χ0n) is 7.90. The molecule has 3 heteroatoms. The zero-order valence-corrected chi connectivity index (χ0v) is 8.72. The van der Waals surface area contributed by atoms with Crippen molar-refractivity contribution in [3.05, 3.63) is 35.4 Å². The molecule has 2 rings (SSSR count). The summed E-state index contributed by atoms with van der Waals surface area (Å²) < 4.78 is 0. The van der Waals surface area contributed by atoms with Crippen LogP contribution in [-0.4, -0.2) is 17.4 Å². The minimum absolute atomic E-state index is 0.312. The standard InChI is InChI=1S/C11H13NOS/c12-11(13)10-4-2-1-3-9(10)5-8-6-14-7-8/h1-4,8H,5-7H2,(H2,12,13). The van der Waals surface area contributed by atoms with E-state index in [-0.39, 0.29) is 5.91 Å². The summed E-state index contributed by atoms with van der Waals surface area (Å²) >= 11 is 1.96. The second-order valence-corrected chi connectivity index (χ2v) is 4.70. The van der Waals surface area contributed by atoms with Crippen molar-refractivity contribution in [2.75, 3.05) is 11.5 Å². The van der Waals surface area contributed by atoms with Gasteiger partial charge in [-0.05, 0) is 35.5 Å². The van der Waals surface area contributed by atoms with Crippen LogP contribution in [0.4, 0.5) is 0 Å². The van der Waals surface area contributed by atoms with E-state index in [0.29, 0.717) is 5.56 Å². The van der Waals surface area contributed by atoms with Crippen molar-refractivity contribution in [1.29, 1.82) is 0 Å². The van der Waals surface area contributed by atoms with Gasteiger partial charge in [-0.2, -0.15) is 11.8 Å². The summed E-state index contributed by atoms with van der Waals surface area (Å²) in [5.41, 5.74) is 7.09. The lowest BCUT2D eigenvalue weighted by atomic mass is 9.97. The Kier molecular flexibility index (Phi) is 2.77. The van der Waals surface area contributed by atoms with E-state index in [2.05, 4.69) is 0 Å². The van der Waals surface area contributed by atoms with Crippen molar-refractivity contribution in [2.45, 2.75) is 6.42 Å². The predicted molar refractivity (Wildman–Crippen MR) is 59.5 cm³/mol. The number of amides is 1. The molecule has 14 heavy (non-hydrogen) atoms. The molecule has 1 fully saturated rings. The molecular formula is C11H13NOS. The minimum atomic E-state index is -0.312. The average molecular weight is 207 g/mol. The Morgan fingerprint density at radius 2 is 2.14 bits per heavy atom. The van der Waals surface area contributed by atoms with Crippen LogP contribution < -0.4 is 5.73 Å². The fourth-order valence-electron chi connectivity index (χ4n) is 1.65. The van der Waals surface area contributed by atoms with E-state index in [1.807, 2.05) is 36.0 Å². The molecule has 1 saturated heterocycles. The van der Waals surface area contributed by atoms with Crippen LogP contribution >= 0.6 is 11.8 Å². The van der Waals surface area contributed by atoms with E-state index >= 15 is 0 Å². The summed E-state index contributed by atoms with van der Waals surface area (Å²) in [6.45, 7) is 0. The third kappa shape index (κ3) is 1.93. The van der Waals surface area contributed by atoms with Crippen LogP contribution in [0.25, 0.3) is 0 Å². The van der Waals surface area contributed by atoms with Crippen LogP contribution in [0.15, 0.2) is 24.3 Å². The smallest absolute Gasteiger partial charge is 0.248 e. The lowest BCUT2D eigenvalue weighted by molar-refractivity contribution is 0.0999. The van der Waals surface area contributed by atoms with Crippen LogP contribution in [0, 0.1) is 5.92 Å². The highest BCUT2D eigenvalue weighted by Crippen LogP contribution is 2.28. The number of rotatable bonds is 3. The molecule has 74 valence electrons. The van der Waals surface area contributed by atoms with E-state index < -0.39 is 0 Å². The molecule has 0 radical (unpaired) electrons. The lowest BCUT2D eigenvalue weighted by Crippen LogP contribution is -2.22. The lowest BCUT2D eigenvalue weighted by Gasteiger charge is -2.25. The van der Waals surface area contributed by atoms with Crippen molar-refractivity contribution >= 4 is 17.7 Å². The van der Waals surface area contributed by atoms with E-state index in [1.54, 1.807) is 0 Å². The topological polar surface area (TPSA) is 43.1 Å². The third-order valence-electron chi connectivity index (χ3n) is 2.50. The molecule has 1 aromatic carbocycles. The highest BCUT2D eigenvalue weighted by atomic mass is 32.2. The average Bonchev–Trinajstić information content (AvgIpc) is 2.12. The van der Waals surface area contributed by atoms with Crippen molar-refractivity contribution < 1.29 is 4.79 Å². The number of carbonyl (C=O) groups is 1. The molecule has 1 aliphatic rings. The Hall–Kier alpha value is -0.960.